The lowest BCUT2D eigenvalue weighted by atomic mass is 10.1. The second kappa shape index (κ2) is 8.86. The van der Waals surface area contributed by atoms with Crippen LogP contribution in [0.25, 0.3) is 5.65 Å². The molecule has 2 aromatic heterocycles. The van der Waals surface area contributed by atoms with Crippen LogP contribution in [0.5, 0.6) is 0 Å². The summed E-state index contributed by atoms with van der Waals surface area (Å²) in [4.78, 5) is 37.8. The Labute approximate surface area is 185 Å². The van der Waals surface area contributed by atoms with Crippen LogP contribution in [0.3, 0.4) is 0 Å². The van der Waals surface area contributed by atoms with Gasteiger partial charge in [0.05, 0.1) is 18.5 Å². The van der Waals surface area contributed by atoms with E-state index in [1.54, 1.807) is 0 Å². The van der Waals surface area contributed by atoms with Crippen molar-refractivity contribution in [3.05, 3.63) is 17.2 Å². The molecule has 13 nitrogen and oxygen atoms in total. The Bertz CT molecular complexity index is 1100. The van der Waals surface area contributed by atoms with Crippen molar-refractivity contribution in [1.82, 2.24) is 19.6 Å². The lowest BCUT2D eigenvalue weighted by molar-refractivity contribution is -0.0199. The third kappa shape index (κ3) is 4.98. The summed E-state index contributed by atoms with van der Waals surface area (Å²) < 4.78 is 49.1. The van der Waals surface area contributed by atoms with Gasteiger partial charge in [0.15, 0.2) is 23.5 Å². The average molecular weight is 516 g/mol. The maximum absolute atomic E-state index is 14.9. The minimum Gasteiger partial charge on any atom is -0.387 e. The van der Waals surface area contributed by atoms with Gasteiger partial charge in [-0.3, -0.25) is 9.13 Å². The fraction of sp³-hybridized carbons (Fsp3) is 0.667. The topological polar surface area (TPSA) is 180 Å². The van der Waals surface area contributed by atoms with Crippen molar-refractivity contribution in [2.75, 3.05) is 30.5 Å². The van der Waals surface area contributed by atoms with Crippen LogP contribution in [0.15, 0.2) is 6.20 Å². The van der Waals surface area contributed by atoms with Gasteiger partial charge in [-0.25, -0.2) is 13.9 Å². The van der Waals surface area contributed by atoms with E-state index in [1.165, 1.54) is 10.7 Å². The van der Waals surface area contributed by atoms with Gasteiger partial charge in [0, 0.05) is 13.1 Å². The number of nitrogens with zero attached hydrogens (tertiary/aromatic N) is 5. The molecule has 178 valence electrons. The Morgan fingerprint density at radius 2 is 1.97 bits per heavy atom. The van der Waals surface area contributed by atoms with Crippen LogP contribution >= 0.6 is 26.8 Å². The molecule has 2 fully saturated rings. The minimum absolute atomic E-state index is 0.0915. The van der Waals surface area contributed by atoms with E-state index >= 15 is 0 Å². The molecular weight excluding hydrogens is 495 g/mol. The molecule has 32 heavy (non-hydrogen) atoms. The van der Waals surface area contributed by atoms with Crippen LogP contribution in [-0.2, 0) is 18.4 Å². The third-order valence-electron chi connectivity index (χ3n) is 5.16. The highest BCUT2D eigenvalue weighted by molar-refractivity contribution is 7.70. The summed E-state index contributed by atoms with van der Waals surface area (Å²) in [6, 6.07) is 0. The summed E-state index contributed by atoms with van der Waals surface area (Å²) in [6.45, 7) is 0.743. The minimum atomic E-state index is -4.83. The van der Waals surface area contributed by atoms with Crippen molar-refractivity contribution in [3.63, 3.8) is 0 Å². The number of aromatic nitrogens is 4. The van der Waals surface area contributed by atoms with Gasteiger partial charge in [0.25, 0.3) is 0 Å². The Balaban J connectivity index is 1.55. The van der Waals surface area contributed by atoms with E-state index in [0.717, 1.165) is 25.9 Å². The molecule has 4 N–H and O–H groups in total. The first-order chi connectivity index (χ1) is 15.0. The molecule has 17 heteroatoms. The number of halogens is 2. The highest BCUT2D eigenvalue weighted by Gasteiger charge is 2.47. The maximum Gasteiger partial charge on any atom is 0.340 e. The van der Waals surface area contributed by atoms with Gasteiger partial charge in [0.2, 0.25) is 5.28 Å². The molecule has 2 aliphatic heterocycles. The first-order valence-corrected chi connectivity index (χ1v) is 13.5. The zero-order valence-corrected chi connectivity index (χ0v) is 19.0. The highest BCUT2D eigenvalue weighted by Crippen LogP contribution is 2.55. The van der Waals surface area contributed by atoms with Crippen molar-refractivity contribution in [1.29, 1.82) is 0 Å². The summed E-state index contributed by atoms with van der Waals surface area (Å²) in [5.74, 6) is -0.922. The van der Waals surface area contributed by atoms with E-state index < -0.39 is 52.2 Å². The second-order valence-electron chi connectivity index (χ2n) is 7.59. The maximum atomic E-state index is 14.9. The lowest BCUT2D eigenvalue weighted by Gasteiger charge is -2.18. The fourth-order valence-corrected chi connectivity index (χ4v) is 6.48. The number of hydrogen-bond acceptors (Lipinski definition) is 9. The van der Waals surface area contributed by atoms with Crippen LogP contribution in [0.1, 0.15) is 24.6 Å². The fourth-order valence-electron chi connectivity index (χ4n) is 3.76. The normalized spacial score (nSPS) is 28.5. The Kier molecular flexibility index (Phi) is 6.63. The van der Waals surface area contributed by atoms with Crippen LogP contribution in [-0.4, -0.2) is 83.3 Å². The number of imidazole rings is 1. The van der Waals surface area contributed by atoms with Gasteiger partial charge in [0.1, 0.15) is 18.3 Å². The van der Waals surface area contributed by atoms with E-state index in [0.29, 0.717) is 11.5 Å². The van der Waals surface area contributed by atoms with Gasteiger partial charge < -0.3 is 33.9 Å². The van der Waals surface area contributed by atoms with Gasteiger partial charge in [-0.2, -0.15) is 4.98 Å². The number of aliphatic hydroxyl groups is 1. The first kappa shape index (κ1) is 23.9. The predicted molar refractivity (Wildman–Crippen MR) is 108 cm³/mol. The molecule has 4 rings (SSSR count). The zero-order valence-electron chi connectivity index (χ0n) is 16.4. The number of alkyl halides is 1. The van der Waals surface area contributed by atoms with Gasteiger partial charge in [-0.1, -0.05) is 0 Å². The number of hydrogen-bond donors (Lipinski definition) is 4. The number of ether oxygens (including phenoxy) is 1. The average Bonchev–Trinajstić information content (AvgIpc) is 3.39. The number of rotatable bonds is 7. The summed E-state index contributed by atoms with van der Waals surface area (Å²) in [6.07, 6.45) is -3.17. The first-order valence-electron chi connectivity index (χ1n) is 9.60. The van der Waals surface area contributed by atoms with Crippen LogP contribution in [0.2, 0.25) is 5.28 Å². The highest BCUT2D eigenvalue weighted by atomic mass is 35.5. The molecular formula is C15H21ClFN5O8P2. The van der Waals surface area contributed by atoms with Gasteiger partial charge in [-0.05, 0) is 24.4 Å². The molecule has 0 saturated carbocycles. The van der Waals surface area contributed by atoms with Crippen LogP contribution < -0.4 is 4.90 Å². The smallest absolute Gasteiger partial charge is 0.340 e. The lowest BCUT2D eigenvalue weighted by Crippen LogP contribution is -2.31. The standard InChI is InChI=1S/C15H21ClFN5O8P2/c16-15-19-14(21-3-1-2-4-21)13-18-5-8(22(13)20-15)12-10(17)11(23)9(30-12)6-29-32(27,28)7-31(24,25)26/h5,9-12,23H,1-4,6-7H2,(H,27,28)(H2,24,25,26)/t9-,10+,11-,12?/m1/s1. The van der Waals surface area contributed by atoms with Crippen molar-refractivity contribution in [2.24, 2.45) is 0 Å². The van der Waals surface area contributed by atoms with Crippen LogP contribution in [0, 0.1) is 0 Å². The van der Waals surface area contributed by atoms with Crippen molar-refractivity contribution in [3.8, 4) is 0 Å². The quantitative estimate of drug-likeness (QED) is 0.382. The van der Waals surface area contributed by atoms with Gasteiger partial charge >= 0.3 is 15.2 Å². The van der Waals surface area contributed by atoms with Crippen molar-refractivity contribution < 1.29 is 42.6 Å². The van der Waals surface area contributed by atoms with E-state index in [9.17, 15) is 23.5 Å². The second-order valence-corrected chi connectivity index (χ2v) is 11.9. The molecule has 0 aliphatic carbocycles. The number of fused-ring (bicyclic) bond motifs is 1. The van der Waals surface area contributed by atoms with Crippen molar-refractivity contribution >= 4 is 38.3 Å². The third-order valence-corrected chi connectivity index (χ3v) is 8.78. The summed E-state index contributed by atoms with van der Waals surface area (Å²) in [5, 5.41) is 14.2. The van der Waals surface area contributed by atoms with E-state index in [4.69, 9.17) is 26.1 Å². The molecule has 2 unspecified atom stereocenters. The van der Waals surface area contributed by atoms with E-state index in [1.807, 2.05) is 4.90 Å². The Morgan fingerprint density at radius 3 is 2.62 bits per heavy atom. The predicted octanol–water partition coefficient (Wildman–Crippen LogP) is 0.854. The number of aliphatic hydroxyl groups excluding tert-OH is 1. The SMILES string of the molecule is O=P(O)(O)CP(=O)(O)OC[C@H]1OC(c2cnc3c(N4CCCC4)nc(Cl)nn23)[C@@H](F)[C@@H]1O. The monoisotopic (exact) mass is 515 g/mol. The molecule has 0 amide bonds. The zero-order chi connectivity index (χ0) is 23.3. The molecule has 5 atom stereocenters. The molecule has 0 spiro atoms. The molecule has 2 aliphatic rings. The molecule has 0 aromatic carbocycles. The van der Waals surface area contributed by atoms with Crippen LogP contribution in [0.4, 0.5) is 10.2 Å². The molecule has 2 saturated heterocycles. The van der Waals surface area contributed by atoms with E-state index in [2.05, 4.69) is 19.6 Å². The largest absolute Gasteiger partial charge is 0.387 e. The summed E-state index contributed by atoms with van der Waals surface area (Å²) in [7, 11) is -9.53. The molecule has 2 aromatic rings. The molecule has 4 heterocycles. The van der Waals surface area contributed by atoms with Crippen molar-refractivity contribution in [2.45, 2.75) is 37.3 Å². The summed E-state index contributed by atoms with van der Waals surface area (Å²) >= 11 is 6.06. The summed E-state index contributed by atoms with van der Waals surface area (Å²) in [5.41, 5.74) is 0.471. The van der Waals surface area contributed by atoms with Gasteiger partial charge in [-0.15, -0.1) is 5.10 Å². The number of anilines is 1. The molecule has 0 bridgehead atoms. The van der Waals surface area contributed by atoms with E-state index in [-0.39, 0.29) is 11.0 Å². The Hall–Kier alpha value is -1.21. The molecule has 0 radical (unpaired) electrons. The Morgan fingerprint density at radius 1 is 1.28 bits per heavy atom.